The first kappa shape index (κ1) is 16.7. The minimum absolute atomic E-state index is 0.00253. The molecule has 2 atom stereocenters. The number of carbonyl (C=O) groups is 1. The Bertz CT molecular complexity index is 460. The molecule has 0 saturated carbocycles. The number of piperidine rings is 1. The van der Waals surface area contributed by atoms with Gasteiger partial charge in [0.15, 0.2) is 0 Å². The average Bonchev–Trinajstić information content (AvgIpc) is 2.59. The van der Waals surface area contributed by atoms with Crippen molar-refractivity contribution in [1.29, 1.82) is 0 Å². The first-order valence-corrected chi connectivity index (χ1v) is 8.08. The number of hydrogen-bond donors (Lipinski definition) is 2. The molecule has 1 saturated heterocycles. The van der Waals surface area contributed by atoms with Crippen molar-refractivity contribution in [1.82, 2.24) is 15.3 Å². The van der Waals surface area contributed by atoms with Crippen LogP contribution in [0.1, 0.15) is 33.1 Å². The third-order valence-corrected chi connectivity index (χ3v) is 4.56. The highest BCUT2D eigenvalue weighted by Gasteiger charge is 2.28. The highest BCUT2D eigenvalue weighted by atomic mass is 16.3. The molecule has 1 amide bonds. The van der Waals surface area contributed by atoms with Crippen molar-refractivity contribution in [3.8, 4) is 0 Å². The Hall–Kier alpha value is -1.69. The van der Waals surface area contributed by atoms with E-state index in [9.17, 15) is 9.90 Å². The van der Waals surface area contributed by atoms with Gasteiger partial charge in [-0.2, -0.15) is 0 Å². The number of anilines is 1. The van der Waals surface area contributed by atoms with Crippen molar-refractivity contribution in [3.05, 3.63) is 18.5 Å². The summed E-state index contributed by atoms with van der Waals surface area (Å²) in [4.78, 5) is 23.0. The molecule has 0 radical (unpaired) electrons. The van der Waals surface area contributed by atoms with Crippen molar-refractivity contribution in [2.24, 2.45) is 11.8 Å². The summed E-state index contributed by atoms with van der Waals surface area (Å²) in [6.07, 6.45) is 6.00. The van der Waals surface area contributed by atoms with Crippen LogP contribution in [0.25, 0.3) is 0 Å². The molecule has 2 heterocycles. The molecule has 1 aromatic rings. The van der Waals surface area contributed by atoms with Gasteiger partial charge in [-0.05, 0) is 24.8 Å². The molecule has 1 aromatic heterocycles. The second kappa shape index (κ2) is 8.08. The lowest BCUT2D eigenvalue weighted by Gasteiger charge is -2.32. The van der Waals surface area contributed by atoms with Crippen LogP contribution in [0.3, 0.4) is 0 Å². The van der Waals surface area contributed by atoms with E-state index in [1.807, 2.05) is 0 Å². The second-order valence-electron chi connectivity index (χ2n) is 5.99. The summed E-state index contributed by atoms with van der Waals surface area (Å²) in [5.74, 6) is 1.09. The molecular formula is C16H26N4O2. The largest absolute Gasteiger partial charge is 0.394 e. The number of nitrogens with zero attached hydrogens (tertiary/aromatic N) is 3. The summed E-state index contributed by atoms with van der Waals surface area (Å²) < 4.78 is 0. The maximum absolute atomic E-state index is 12.4. The zero-order valence-corrected chi connectivity index (χ0v) is 13.4. The first-order chi connectivity index (χ1) is 10.7. The predicted octanol–water partition coefficient (Wildman–Crippen LogP) is 1.22. The fourth-order valence-corrected chi connectivity index (χ4v) is 2.75. The van der Waals surface area contributed by atoms with E-state index in [2.05, 4.69) is 34.0 Å². The Morgan fingerprint density at radius 1 is 1.41 bits per heavy atom. The Balaban J connectivity index is 1.84. The Labute approximate surface area is 132 Å². The van der Waals surface area contributed by atoms with E-state index < -0.39 is 0 Å². The third kappa shape index (κ3) is 4.16. The lowest BCUT2D eigenvalue weighted by Crippen LogP contribution is -2.47. The van der Waals surface area contributed by atoms with E-state index in [-0.39, 0.29) is 30.4 Å². The normalized spacial score (nSPS) is 18.8. The SMILES string of the molecule is CC[C@H](C)[C@H](CO)NC(=O)C1CCN(c2ncccn2)CC1. The molecule has 0 aromatic carbocycles. The molecule has 0 unspecified atom stereocenters. The van der Waals surface area contributed by atoms with Crippen molar-refractivity contribution in [2.45, 2.75) is 39.2 Å². The van der Waals surface area contributed by atoms with Crippen LogP contribution in [0.2, 0.25) is 0 Å². The van der Waals surface area contributed by atoms with E-state index in [0.717, 1.165) is 38.3 Å². The maximum Gasteiger partial charge on any atom is 0.225 e. The molecule has 2 N–H and O–H groups in total. The summed E-state index contributed by atoms with van der Waals surface area (Å²) >= 11 is 0. The van der Waals surface area contributed by atoms with E-state index >= 15 is 0 Å². The van der Waals surface area contributed by atoms with Crippen LogP contribution in [0.5, 0.6) is 0 Å². The van der Waals surface area contributed by atoms with Gasteiger partial charge in [-0.3, -0.25) is 4.79 Å². The Kier molecular flexibility index (Phi) is 6.12. The molecule has 1 aliphatic heterocycles. The topological polar surface area (TPSA) is 78.4 Å². The number of aromatic nitrogens is 2. The van der Waals surface area contributed by atoms with Crippen molar-refractivity contribution < 1.29 is 9.90 Å². The minimum Gasteiger partial charge on any atom is -0.394 e. The number of carbonyl (C=O) groups excluding carboxylic acids is 1. The Morgan fingerprint density at radius 2 is 2.05 bits per heavy atom. The van der Waals surface area contributed by atoms with E-state index in [4.69, 9.17) is 0 Å². The van der Waals surface area contributed by atoms with Crippen molar-refractivity contribution >= 4 is 11.9 Å². The van der Waals surface area contributed by atoms with Gasteiger partial charge in [0, 0.05) is 31.4 Å². The standard InChI is InChI=1S/C16H26N4O2/c1-3-12(2)14(11-21)19-15(22)13-5-9-20(10-6-13)16-17-7-4-8-18-16/h4,7-8,12-14,21H,3,5-6,9-11H2,1-2H3,(H,19,22)/t12-,14-/m0/s1. The van der Waals surface area contributed by atoms with Gasteiger partial charge in [-0.15, -0.1) is 0 Å². The maximum atomic E-state index is 12.4. The van der Waals surface area contributed by atoms with Crippen LogP contribution in [-0.2, 0) is 4.79 Å². The monoisotopic (exact) mass is 306 g/mol. The summed E-state index contributed by atoms with van der Waals surface area (Å²) in [7, 11) is 0. The number of aliphatic hydroxyl groups excluding tert-OH is 1. The fraction of sp³-hybridized carbons (Fsp3) is 0.688. The number of rotatable bonds is 6. The average molecular weight is 306 g/mol. The van der Waals surface area contributed by atoms with Gasteiger partial charge in [0.2, 0.25) is 11.9 Å². The van der Waals surface area contributed by atoms with Crippen molar-refractivity contribution in [3.63, 3.8) is 0 Å². The molecule has 122 valence electrons. The minimum atomic E-state index is -0.145. The third-order valence-electron chi connectivity index (χ3n) is 4.56. The summed E-state index contributed by atoms with van der Waals surface area (Å²) in [5, 5.41) is 12.4. The lowest BCUT2D eigenvalue weighted by atomic mass is 9.94. The predicted molar refractivity (Wildman–Crippen MR) is 85.4 cm³/mol. The summed E-state index contributed by atoms with van der Waals surface area (Å²) in [5.41, 5.74) is 0. The molecule has 22 heavy (non-hydrogen) atoms. The molecule has 0 spiro atoms. The van der Waals surface area contributed by atoms with Gasteiger partial charge in [0.05, 0.1) is 12.6 Å². The molecule has 0 aliphatic carbocycles. The molecular weight excluding hydrogens is 280 g/mol. The zero-order valence-electron chi connectivity index (χ0n) is 13.4. The number of nitrogens with one attached hydrogen (secondary N) is 1. The molecule has 6 heteroatoms. The second-order valence-corrected chi connectivity index (χ2v) is 5.99. The van der Waals surface area contributed by atoms with Gasteiger partial charge < -0.3 is 15.3 Å². The lowest BCUT2D eigenvalue weighted by molar-refractivity contribution is -0.127. The van der Waals surface area contributed by atoms with Crippen LogP contribution in [0.15, 0.2) is 18.5 Å². The highest BCUT2D eigenvalue weighted by molar-refractivity contribution is 5.79. The van der Waals surface area contributed by atoms with Gasteiger partial charge in [-0.1, -0.05) is 20.3 Å². The molecule has 0 bridgehead atoms. The first-order valence-electron chi connectivity index (χ1n) is 8.08. The molecule has 6 nitrogen and oxygen atoms in total. The molecule has 1 fully saturated rings. The highest BCUT2D eigenvalue weighted by Crippen LogP contribution is 2.21. The van der Waals surface area contributed by atoms with Gasteiger partial charge in [-0.25, -0.2) is 9.97 Å². The number of hydrogen-bond acceptors (Lipinski definition) is 5. The van der Waals surface area contributed by atoms with Gasteiger partial charge in [0.1, 0.15) is 0 Å². The van der Waals surface area contributed by atoms with Crippen LogP contribution in [0.4, 0.5) is 5.95 Å². The van der Waals surface area contributed by atoms with Gasteiger partial charge in [0.25, 0.3) is 0 Å². The molecule has 2 rings (SSSR count). The smallest absolute Gasteiger partial charge is 0.225 e. The van der Waals surface area contributed by atoms with E-state index in [0.29, 0.717) is 0 Å². The van der Waals surface area contributed by atoms with Crippen LogP contribution < -0.4 is 10.2 Å². The van der Waals surface area contributed by atoms with Crippen LogP contribution in [0, 0.1) is 11.8 Å². The number of aliphatic hydroxyl groups is 1. The van der Waals surface area contributed by atoms with E-state index in [1.165, 1.54) is 0 Å². The summed E-state index contributed by atoms with van der Waals surface area (Å²) in [6, 6.07) is 1.65. The zero-order chi connectivity index (χ0) is 15.9. The van der Waals surface area contributed by atoms with Gasteiger partial charge >= 0.3 is 0 Å². The Morgan fingerprint density at radius 3 is 2.59 bits per heavy atom. The van der Waals surface area contributed by atoms with E-state index in [1.54, 1.807) is 18.5 Å². The van der Waals surface area contributed by atoms with Crippen molar-refractivity contribution in [2.75, 3.05) is 24.6 Å². The summed E-state index contributed by atoms with van der Waals surface area (Å²) in [6.45, 7) is 5.69. The quantitative estimate of drug-likeness (QED) is 0.826. The fourth-order valence-electron chi connectivity index (χ4n) is 2.75. The number of amides is 1. The molecule has 1 aliphatic rings. The van der Waals surface area contributed by atoms with Crippen LogP contribution >= 0.6 is 0 Å². The van der Waals surface area contributed by atoms with Crippen LogP contribution in [-0.4, -0.2) is 46.7 Å².